The molecule has 4 aliphatic rings. The molecule has 4 fully saturated rings. The molecule has 264 valence electrons. The highest BCUT2D eigenvalue weighted by molar-refractivity contribution is 6.13. The molecule has 0 saturated heterocycles. The molecule has 0 aliphatic heterocycles. The Bertz CT molecular complexity index is 3160. The second kappa shape index (κ2) is 11.0. The molecule has 4 heteroatoms. The van der Waals surface area contributed by atoms with Crippen molar-refractivity contribution in [1.82, 2.24) is 14.1 Å². The molecule has 4 bridgehead atoms. The molecule has 4 heterocycles. The molecule has 4 saturated carbocycles. The average Bonchev–Trinajstić information content (AvgIpc) is 3.88. The van der Waals surface area contributed by atoms with E-state index in [4.69, 9.17) is 9.40 Å². The van der Waals surface area contributed by atoms with Gasteiger partial charge < -0.3 is 8.98 Å². The summed E-state index contributed by atoms with van der Waals surface area (Å²) < 4.78 is 11.2. The number of pyridine rings is 1. The van der Waals surface area contributed by atoms with Crippen molar-refractivity contribution in [2.24, 2.45) is 17.8 Å². The minimum atomic E-state index is 0.344. The van der Waals surface area contributed by atoms with Gasteiger partial charge in [-0.25, -0.2) is 4.98 Å². The van der Waals surface area contributed by atoms with Crippen LogP contribution in [-0.4, -0.2) is 14.1 Å². The lowest BCUT2D eigenvalue weighted by molar-refractivity contribution is -0.00513. The third-order valence-electron chi connectivity index (χ3n) is 13.9. The van der Waals surface area contributed by atoms with Crippen molar-refractivity contribution >= 4 is 65.6 Å². The summed E-state index contributed by atoms with van der Waals surface area (Å²) in [5.41, 5.74) is 11.9. The van der Waals surface area contributed by atoms with Crippen molar-refractivity contribution in [3.8, 4) is 22.6 Å². The zero-order chi connectivity index (χ0) is 35.8. The summed E-state index contributed by atoms with van der Waals surface area (Å²) >= 11 is 0. The van der Waals surface area contributed by atoms with E-state index in [2.05, 4.69) is 149 Å². The molecule has 0 atom stereocenters. The van der Waals surface area contributed by atoms with E-state index >= 15 is 0 Å². The van der Waals surface area contributed by atoms with Gasteiger partial charge in [-0.2, -0.15) is 0 Å². The number of rotatable bonds is 4. The highest BCUT2D eigenvalue weighted by Crippen LogP contribution is 2.61. The van der Waals surface area contributed by atoms with Gasteiger partial charge in [0.1, 0.15) is 17.0 Å². The third kappa shape index (κ3) is 4.25. The van der Waals surface area contributed by atoms with Crippen LogP contribution in [0.2, 0.25) is 0 Å². The van der Waals surface area contributed by atoms with Crippen LogP contribution in [0.3, 0.4) is 0 Å². The Morgan fingerprint density at radius 3 is 1.93 bits per heavy atom. The Morgan fingerprint density at radius 1 is 0.509 bits per heavy atom. The van der Waals surface area contributed by atoms with E-state index in [-0.39, 0.29) is 0 Å². The summed E-state index contributed by atoms with van der Waals surface area (Å²) in [5, 5.41) is 7.33. The van der Waals surface area contributed by atoms with E-state index in [1.807, 2.05) is 6.07 Å². The van der Waals surface area contributed by atoms with Gasteiger partial charge in [0.2, 0.25) is 0 Å². The third-order valence-corrected chi connectivity index (χ3v) is 13.9. The van der Waals surface area contributed by atoms with Crippen LogP contribution < -0.4 is 0 Å². The van der Waals surface area contributed by atoms with Gasteiger partial charge in [-0.1, -0.05) is 91.0 Å². The number of furan rings is 1. The van der Waals surface area contributed by atoms with Crippen molar-refractivity contribution in [3.05, 3.63) is 151 Å². The maximum atomic E-state index is 6.45. The number of aromatic nitrogens is 3. The topological polar surface area (TPSA) is 35.9 Å². The molecule has 4 aromatic heterocycles. The van der Waals surface area contributed by atoms with Crippen molar-refractivity contribution < 1.29 is 4.42 Å². The lowest BCUT2D eigenvalue weighted by Gasteiger charge is -2.57. The maximum absolute atomic E-state index is 6.45. The van der Waals surface area contributed by atoms with E-state index in [0.29, 0.717) is 5.41 Å². The summed E-state index contributed by atoms with van der Waals surface area (Å²) in [7, 11) is 0. The normalized spacial score (nSPS) is 22.0. The monoisotopic (exact) mass is 709 g/mol. The van der Waals surface area contributed by atoms with Gasteiger partial charge in [-0.3, -0.25) is 4.57 Å². The van der Waals surface area contributed by atoms with Crippen LogP contribution in [0.15, 0.2) is 150 Å². The van der Waals surface area contributed by atoms with Crippen molar-refractivity contribution in [3.63, 3.8) is 0 Å². The molecule has 6 aromatic carbocycles. The van der Waals surface area contributed by atoms with Gasteiger partial charge in [-0.15, -0.1) is 0 Å². The Hall–Kier alpha value is -6.13. The summed E-state index contributed by atoms with van der Waals surface area (Å²) in [4.78, 5) is 5.26. The molecule has 0 N–H and O–H groups in total. The Balaban J connectivity index is 0.944. The number of nitrogens with zero attached hydrogens (tertiary/aromatic N) is 3. The van der Waals surface area contributed by atoms with E-state index in [9.17, 15) is 0 Å². The van der Waals surface area contributed by atoms with Gasteiger partial charge in [0.05, 0.1) is 34.0 Å². The highest BCUT2D eigenvalue weighted by Gasteiger charge is 2.51. The highest BCUT2D eigenvalue weighted by atomic mass is 16.3. The molecule has 0 radical (unpaired) electrons. The van der Waals surface area contributed by atoms with E-state index in [1.165, 1.54) is 76.6 Å². The van der Waals surface area contributed by atoms with Crippen molar-refractivity contribution in [2.75, 3.05) is 0 Å². The number of hydrogen-bond donors (Lipinski definition) is 0. The number of fused-ring (bicyclic) bond motifs is 9. The minimum absolute atomic E-state index is 0.344. The first kappa shape index (κ1) is 30.2. The van der Waals surface area contributed by atoms with Crippen LogP contribution >= 0.6 is 0 Å². The van der Waals surface area contributed by atoms with Crippen LogP contribution in [0.1, 0.15) is 44.1 Å². The van der Waals surface area contributed by atoms with Gasteiger partial charge >= 0.3 is 0 Å². The fraction of sp³-hybridized carbons (Fsp3) is 0.196. The molecule has 0 amide bonds. The van der Waals surface area contributed by atoms with E-state index in [1.54, 1.807) is 5.56 Å². The standard InChI is InChI=1S/C51H39N3O/c1-5-14-45-38(8-1)40-19-17-35(51-27-31-22-32(28-51)24-33(23-31)29-51)26-47(40)54(45)49-21-18-36(30-52-49)53-44-13-4-2-9-39(44)43-25-34(16-20-46(43)53)37-11-7-12-42-41-10-3-6-15-48(41)55-50(37)42/h1-21,25-26,30-33H,22-24,27-29H2. The molecular formula is C51H39N3O. The van der Waals surface area contributed by atoms with Gasteiger partial charge in [-0.05, 0) is 121 Å². The summed E-state index contributed by atoms with van der Waals surface area (Å²) in [6, 6.07) is 51.1. The molecular weight excluding hydrogens is 671 g/mol. The van der Waals surface area contributed by atoms with Crippen molar-refractivity contribution in [2.45, 2.75) is 43.9 Å². The zero-order valence-corrected chi connectivity index (χ0v) is 30.6. The molecule has 0 spiro atoms. The Morgan fingerprint density at radius 2 is 1.16 bits per heavy atom. The second-order valence-electron chi connectivity index (χ2n) is 17.0. The Kier molecular flexibility index (Phi) is 6.03. The average molecular weight is 710 g/mol. The van der Waals surface area contributed by atoms with E-state index in [0.717, 1.165) is 67.8 Å². The fourth-order valence-corrected chi connectivity index (χ4v) is 12.0. The predicted octanol–water partition coefficient (Wildman–Crippen LogP) is 13.3. The molecule has 4 nitrogen and oxygen atoms in total. The summed E-state index contributed by atoms with van der Waals surface area (Å²) in [6.07, 6.45) is 10.6. The van der Waals surface area contributed by atoms with Gasteiger partial charge in [0, 0.05) is 37.9 Å². The van der Waals surface area contributed by atoms with Crippen LogP contribution in [-0.2, 0) is 5.41 Å². The molecule has 10 aromatic rings. The maximum Gasteiger partial charge on any atom is 0.143 e. The van der Waals surface area contributed by atoms with Gasteiger partial charge in [0.15, 0.2) is 0 Å². The van der Waals surface area contributed by atoms with Crippen LogP contribution in [0.25, 0.3) is 88.2 Å². The van der Waals surface area contributed by atoms with Gasteiger partial charge in [0.25, 0.3) is 0 Å². The molecule has 14 rings (SSSR count). The minimum Gasteiger partial charge on any atom is -0.455 e. The lowest BCUT2D eigenvalue weighted by atomic mass is 9.48. The fourth-order valence-electron chi connectivity index (χ4n) is 12.0. The first-order valence-corrected chi connectivity index (χ1v) is 20.1. The molecule has 0 unspecified atom stereocenters. The SMILES string of the molecule is c1ccc2c(c1)oc1c(-c3ccc4c(c3)c3ccccc3n4-c3ccc(-n4c5ccccc5c5ccc(C67CC8CC(CC(C8)C6)C7)cc54)nc3)cccc12. The first-order valence-electron chi connectivity index (χ1n) is 20.1. The van der Waals surface area contributed by atoms with Crippen LogP contribution in [0.4, 0.5) is 0 Å². The summed E-state index contributed by atoms with van der Waals surface area (Å²) in [5.74, 6) is 3.71. The summed E-state index contributed by atoms with van der Waals surface area (Å²) in [6.45, 7) is 0. The van der Waals surface area contributed by atoms with Crippen molar-refractivity contribution in [1.29, 1.82) is 0 Å². The van der Waals surface area contributed by atoms with Crippen LogP contribution in [0, 0.1) is 17.8 Å². The zero-order valence-electron chi connectivity index (χ0n) is 30.6. The predicted molar refractivity (Wildman–Crippen MR) is 225 cm³/mol. The lowest BCUT2D eigenvalue weighted by Crippen LogP contribution is -2.48. The molecule has 4 aliphatic carbocycles. The largest absolute Gasteiger partial charge is 0.455 e. The quantitative estimate of drug-likeness (QED) is 0.182. The molecule has 55 heavy (non-hydrogen) atoms. The number of hydrogen-bond acceptors (Lipinski definition) is 2. The second-order valence-corrected chi connectivity index (χ2v) is 17.0. The number of benzene rings is 6. The van der Waals surface area contributed by atoms with E-state index < -0.39 is 0 Å². The first-order chi connectivity index (χ1) is 27.2. The Labute approximate surface area is 318 Å². The smallest absolute Gasteiger partial charge is 0.143 e. The van der Waals surface area contributed by atoms with Crippen LogP contribution in [0.5, 0.6) is 0 Å². The number of para-hydroxylation sites is 4.